The van der Waals surface area contributed by atoms with Gasteiger partial charge in [-0.25, -0.2) is 0 Å². The highest BCUT2D eigenvalue weighted by atomic mass is 19.4. The molecule has 2 heterocycles. The number of anilines is 1. The van der Waals surface area contributed by atoms with E-state index in [-0.39, 0.29) is 48.7 Å². The molecular weight excluding hydrogens is 625 g/mol. The molecule has 1 aliphatic rings. The van der Waals surface area contributed by atoms with E-state index in [0.29, 0.717) is 36.7 Å². The van der Waals surface area contributed by atoms with Crippen LogP contribution in [0.25, 0.3) is 0 Å². The van der Waals surface area contributed by atoms with E-state index in [0.717, 1.165) is 37.0 Å². The average Bonchev–Trinajstić information content (AvgIpc) is 3.06. The maximum atomic E-state index is 14.3. The molecule has 260 valence electrons. The van der Waals surface area contributed by atoms with Crippen molar-refractivity contribution in [3.8, 4) is 5.75 Å². The number of fused-ring (bicyclic) bond motifs is 1. The summed E-state index contributed by atoms with van der Waals surface area (Å²) in [5, 5.41) is 13.0. The SMILES string of the molecule is C[C@@H]1CCCCO[C@@H](CN(C)Cc2ccc(C(F)(F)F)cc2)[C@@H](C)CN([C@H](C)CO)C(=O)c2cc(NC(=O)c3ccncc3)ccc2O1. The minimum absolute atomic E-state index is 0.182. The smallest absolute Gasteiger partial charge is 0.416 e. The van der Waals surface area contributed by atoms with Crippen molar-refractivity contribution in [3.63, 3.8) is 0 Å². The summed E-state index contributed by atoms with van der Waals surface area (Å²) in [5.41, 5.74) is 1.14. The molecule has 0 fully saturated rings. The quantitative estimate of drug-likeness (QED) is 0.291. The Hall–Kier alpha value is -4.00. The maximum absolute atomic E-state index is 14.3. The highest BCUT2D eigenvalue weighted by molar-refractivity contribution is 6.05. The summed E-state index contributed by atoms with van der Waals surface area (Å²) in [6.07, 6.45) is 0.489. The molecule has 12 heteroatoms. The Morgan fingerprint density at radius 2 is 1.81 bits per heavy atom. The van der Waals surface area contributed by atoms with Gasteiger partial charge in [0.05, 0.1) is 36.0 Å². The van der Waals surface area contributed by atoms with Gasteiger partial charge in [-0.2, -0.15) is 13.2 Å². The molecule has 2 aromatic carbocycles. The van der Waals surface area contributed by atoms with E-state index in [1.807, 2.05) is 25.8 Å². The number of rotatable bonds is 8. The first kappa shape index (κ1) is 36.8. The van der Waals surface area contributed by atoms with Crippen molar-refractivity contribution < 1.29 is 37.3 Å². The first-order valence-electron chi connectivity index (χ1n) is 16.3. The van der Waals surface area contributed by atoms with Gasteiger partial charge in [0.15, 0.2) is 0 Å². The Morgan fingerprint density at radius 1 is 1.10 bits per heavy atom. The molecule has 4 rings (SSSR count). The number of aliphatic hydroxyl groups is 1. The predicted molar refractivity (Wildman–Crippen MR) is 177 cm³/mol. The Balaban J connectivity index is 1.58. The zero-order valence-corrected chi connectivity index (χ0v) is 27.9. The molecule has 9 nitrogen and oxygen atoms in total. The molecule has 0 saturated heterocycles. The fraction of sp³-hybridized carbons (Fsp3) is 0.472. The number of hydrogen-bond acceptors (Lipinski definition) is 7. The third-order valence-electron chi connectivity index (χ3n) is 8.48. The van der Waals surface area contributed by atoms with E-state index in [1.165, 1.54) is 24.5 Å². The van der Waals surface area contributed by atoms with E-state index >= 15 is 0 Å². The number of aliphatic hydroxyl groups excluding tert-OH is 1. The lowest BCUT2D eigenvalue weighted by Gasteiger charge is -2.36. The summed E-state index contributed by atoms with van der Waals surface area (Å²) in [6.45, 7) is 7.04. The molecule has 2 N–H and O–H groups in total. The Labute approximate surface area is 280 Å². The van der Waals surface area contributed by atoms with Crippen molar-refractivity contribution in [3.05, 3.63) is 89.2 Å². The summed E-state index contributed by atoms with van der Waals surface area (Å²) in [4.78, 5) is 34.8. The van der Waals surface area contributed by atoms with Crippen LogP contribution in [0.4, 0.5) is 18.9 Å². The second-order valence-electron chi connectivity index (χ2n) is 12.6. The van der Waals surface area contributed by atoms with Crippen molar-refractivity contribution in [2.24, 2.45) is 5.92 Å². The molecular formula is C36H45F3N4O5. The van der Waals surface area contributed by atoms with E-state index in [1.54, 1.807) is 42.2 Å². The van der Waals surface area contributed by atoms with Gasteiger partial charge >= 0.3 is 6.18 Å². The van der Waals surface area contributed by atoms with Crippen molar-refractivity contribution in [1.29, 1.82) is 0 Å². The zero-order chi connectivity index (χ0) is 34.8. The number of nitrogens with one attached hydrogen (secondary N) is 1. The minimum atomic E-state index is -4.39. The normalized spacial score (nSPS) is 20.4. The van der Waals surface area contributed by atoms with Crippen molar-refractivity contribution in [2.75, 3.05) is 38.7 Å². The van der Waals surface area contributed by atoms with E-state index in [2.05, 4.69) is 10.3 Å². The van der Waals surface area contributed by atoms with E-state index < -0.39 is 17.8 Å². The molecule has 0 unspecified atom stereocenters. The van der Waals surface area contributed by atoms with Gasteiger partial charge < -0.3 is 24.8 Å². The average molecular weight is 671 g/mol. The molecule has 0 aliphatic carbocycles. The standard InChI is InChI=1S/C36H45F3N4O5/c1-24-20-43(25(2)23-44)35(46)31-19-30(41-34(45)28-14-16-40-17-15-28)12-13-32(31)48-26(3)7-5-6-18-47-33(24)22-42(4)21-27-8-10-29(11-9-27)36(37,38)39/h8-17,19,24-26,33,44H,5-7,18,20-23H2,1-4H3,(H,41,45)/t24-,25+,26+,33-/m0/s1. The molecule has 3 aromatic rings. The lowest BCUT2D eigenvalue weighted by molar-refractivity contribution is -0.137. The Kier molecular flexibility index (Phi) is 13.0. The largest absolute Gasteiger partial charge is 0.490 e. The highest BCUT2D eigenvalue weighted by Crippen LogP contribution is 2.30. The predicted octanol–water partition coefficient (Wildman–Crippen LogP) is 6.28. The van der Waals surface area contributed by atoms with Crippen LogP contribution in [0.15, 0.2) is 67.0 Å². The molecule has 1 aromatic heterocycles. The number of benzene rings is 2. The Bertz CT molecular complexity index is 1490. The molecule has 2 amide bonds. The van der Waals surface area contributed by atoms with Crippen molar-refractivity contribution in [2.45, 2.75) is 71.0 Å². The number of pyridine rings is 1. The molecule has 0 spiro atoms. The third-order valence-corrected chi connectivity index (χ3v) is 8.48. The maximum Gasteiger partial charge on any atom is 0.416 e. The number of alkyl halides is 3. The summed E-state index contributed by atoms with van der Waals surface area (Å²) in [5.74, 6) is -0.508. The first-order chi connectivity index (χ1) is 22.8. The molecule has 0 saturated carbocycles. The third kappa shape index (κ3) is 10.2. The molecule has 0 bridgehead atoms. The number of nitrogens with zero attached hydrogens (tertiary/aromatic N) is 3. The molecule has 1 aliphatic heterocycles. The molecule has 48 heavy (non-hydrogen) atoms. The molecule has 4 atom stereocenters. The number of amides is 2. The minimum Gasteiger partial charge on any atom is -0.490 e. The number of ether oxygens (including phenoxy) is 2. The van der Waals surface area contributed by atoms with Gasteiger partial charge in [-0.3, -0.25) is 19.5 Å². The van der Waals surface area contributed by atoms with E-state index in [9.17, 15) is 27.9 Å². The van der Waals surface area contributed by atoms with Crippen LogP contribution in [0.2, 0.25) is 0 Å². The summed E-state index contributed by atoms with van der Waals surface area (Å²) in [6, 6.07) is 12.8. The summed E-state index contributed by atoms with van der Waals surface area (Å²) >= 11 is 0. The van der Waals surface area contributed by atoms with Crippen LogP contribution >= 0.6 is 0 Å². The lowest BCUT2D eigenvalue weighted by atomic mass is 10.0. The fourth-order valence-electron chi connectivity index (χ4n) is 5.65. The van der Waals surface area contributed by atoms with Crippen LogP contribution < -0.4 is 10.1 Å². The highest BCUT2D eigenvalue weighted by Gasteiger charge is 2.32. The second kappa shape index (κ2) is 16.9. The van der Waals surface area contributed by atoms with E-state index in [4.69, 9.17) is 9.47 Å². The monoisotopic (exact) mass is 670 g/mol. The number of carbonyl (C=O) groups is 2. The Morgan fingerprint density at radius 3 is 2.48 bits per heavy atom. The number of likely N-dealkylation sites (N-methyl/N-ethyl adjacent to an activating group) is 1. The van der Waals surface area contributed by atoms with Gasteiger partial charge in [0.25, 0.3) is 11.8 Å². The summed E-state index contributed by atoms with van der Waals surface area (Å²) in [7, 11) is 1.88. The summed E-state index contributed by atoms with van der Waals surface area (Å²) < 4.78 is 51.8. The molecule has 0 radical (unpaired) electrons. The van der Waals surface area contributed by atoms with Crippen LogP contribution in [0, 0.1) is 5.92 Å². The lowest BCUT2D eigenvalue weighted by Crippen LogP contribution is -2.47. The van der Waals surface area contributed by atoms with Crippen LogP contribution in [0.3, 0.4) is 0 Å². The van der Waals surface area contributed by atoms with Gasteiger partial charge in [0, 0.05) is 55.8 Å². The number of hydrogen-bond donors (Lipinski definition) is 2. The topological polar surface area (TPSA) is 104 Å². The van der Waals surface area contributed by atoms with Crippen LogP contribution in [0.1, 0.15) is 71.9 Å². The van der Waals surface area contributed by atoms with Gasteiger partial charge in [0.2, 0.25) is 0 Å². The second-order valence-corrected chi connectivity index (χ2v) is 12.6. The number of aromatic nitrogens is 1. The van der Waals surface area contributed by atoms with Gasteiger partial charge in [-0.1, -0.05) is 19.1 Å². The van der Waals surface area contributed by atoms with Gasteiger partial charge in [0.1, 0.15) is 5.75 Å². The zero-order valence-electron chi connectivity index (χ0n) is 27.9. The fourth-order valence-corrected chi connectivity index (χ4v) is 5.65. The van der Waals surface area contributed by atoms with Crippen molar-refractivity contribution in [1.82, 2.24) is 14.8 Å². The van der Waals surface area contributed by atoms with Crippen molar-refractivity contribution >= 4 is 17.5 Å². The van der Waals surface area contributed by atoms with Gasteiger partial charge in [-0.15, -0.1) is 0 Å². The van der Waals surface area contributed by atoms with Crippen LogP contribution in [-0.4, -0.2) is 83.3 Å². The number of carbonyl (C=O) groups excluding carboxylic acids is 2. The first-order valence-corrected chi connectivity index (χ1v) is 16.3. The van der Waals surface area contributed by atoms with Crippen LogP contribution in [-0.2, 0) is 17.5 Å². The van der Waals surface area contributed by atoms with Crippen LogP contribution in [0.5, 0.6) is 5.75 Å². The van der Waals surface area contributed by atoms with Gasteiger partial charge in [-0.05, 0) is 88.2 Å². The number of halogens is 3.